The SMILES string of the molecule is OC(Cn1cc(I)cn1)C(F)(F)F. The Labute approximate surface area is 85.7 Å². The number of aliphatic hydroxyl groups is 1. The van der Waals surface area contributed by atoms with E-state index >= 15 is 0 Å². The van der Waals surface area contributed by atoms with E-state index in [4.69, 9.17) is 5.11 Å². The van der Waals surface area contributed by atoms with Gasteiger partial charge in [-0.3, -0.25) is 4.68 Å². The van der Waals surface area contributed by atoms with Crippen LogP contribution in [0.1, 0.15) is 0 Å². The molecule has 1 N–H and O–H groups in total. The summed E-state index contributed by atoms with van der Waals surface area (Å²) in [6.07, 6.45) is -4.10. The monoisotopic (exact) mass is 306 g/mol. The van der Waals surface area contributed by atoms with Crippen LogP contribution in [-0.4, -0.2) is 27.2 Å². The molecule has 1 unspecified atom stereocenters. The molecule has 13 heavy (non-hydrogen) atoms. The molecule has 1 atom stereocenters. The number of alkyl halides is 3. The van der Waals surface area contributed by atoms with Crippen LogP contribution in [0.5, 0.6) is 0 Å². The third kappa shape index (κ3) is 3.14. The molecule has 1 rings (SSSR count). The molecule has 0 aromatic carbocycles. The molecule has 1 heterocycles. The van der Waals surface area contributed by atoms with Gasteiger partial charge >= 0.3 is 6.18 Å². The number of hydrogen-bond acceptors (Lipinski definition) is 2. The van der Waals surface area contributed by atoms with Crippen LogP contribution in [0.2, 0.25) is 0 Å². The van der Waals surface area contributed by atoms with Crippen LogP contribution in [0, 0.1) is 3.57 Å². The summed E-state index contributed by atoms with van der Waals surface area (Å²) in [5, 5.41) is 12.3. The first-order valence-corrected chi connectivity index (χ1v) is 4.40. The van der Waals surface area contributed by atoms with Gasteiger partial charge in [-0.1, -0.05) is 0 Å². The number of nitrogens with zero attached hydrogens (tertiary/aromatic N) is 2. The van der Waals surface area contributed by atoms with E-state index < -0.39 is 18.8 Å². The zero-order valence-electron chi connectivity index (χ0n) is 6.29. The number of aliphatic hydroxyl groups excluding tert-OH is 1. The van der Waals surface area contributed by atoms with Crippen molar-refractivity contribution in [1.82, 2.24) is 9.78 Å². The summed E-state index contributed by atoms with van der Waals surface area (Å²) >= 11 is 1.92. The fourth-order valence-electron chi connectivity index (χ4n) is 0.719. The van der Waals surface area contributed by atoms with Gasteiger partial charge in [0.1, 0.15) is 0 Å². The minimum Gasteiger partial charge on any atom is -0.382 e. The topological polar surface area (TPSA) is 38.0 Å². The van der Waals surface area contributed by atoms with Gasteiger partial charge in [-0.15, -0.1) is 0 Å². The Bertz CT molecular complexity index is 286. The van der Waals surface area contributed by atoms with E-state index in [0.717, 1.165) is 8.25 Å². The largest absolute Gasteiger partial charge is 0.416 e. The molecule has 0 saturated carbocycles. The normalized spacial score (nSPS) is 14.5. The predicted octanol–water partition coefficient (Wildman–Crippen LogP) is 1.41. The number of hydrogen-bond donors (Lipinski definition) is 1. The standard InChI is InChI=1S/C6H6F3IN2O/c7-6(8,9)5(13)3-12-2-4(10)1-11-12/h1-2,5,13H,3H2. The van der Waals surface area contributed by atoms with E-state index in [2.05, 4.69) is 5.10 Å². The highest BCUT2D eigenvalue weighted by atomic mass is 127. The quantitative estimate of drug-likeness (QED) is 0.839. The second-order valence-electron chi connectivity index (χ2n) is 2.44. The molecule has 74 valence electrons. The van der Waals surface area contributed by atoms with Crippen LogP contribution in [0.4, 0.5) is 13.2 Å². The second kappa shape index (κ2) is 3.82. The number of rotatable bonds is 2. The zero-order chi connectivity index (χ0) is 10.1. The molecule has 7 heteroatoms. The minimum atomic E-state index is -4.59. The van der Waals surface area contributed by atoms with Gasteiger partial charge in [-0.25, -0.2) is 0 Å². The van der Waals surface area contributed by atoms with Crippen LogP contribution in [0.15, 0.2) is 12.4 Å². The molecule has 3 nitrogen and oxygen atoms in total. The van der Waals surface area contributed by atoms with Crippen molar-refractivity contribution in [2.75, 3.05) is 0 Å². The lowest BCUT2D eigenvalue weighted by atomic mass is 10.3. The van der Waals surface area contributed by atoms with E-state index in [1.165, 1.54) is 12.4 Å². The van der Waals surface area contributed by atoms with Crippen LogP contribution in [0.25, 0.3) is 0 Å². The molecule has 0 radical (unpaired) electrons. The maximum atomic E-state index is 11.8. The van der Waals surface area contributed by atoms with E-state index in [9.17, 15) is 13.2 Å². The lowest BCUT2D eigenvalue weighted by Gasteiger charge is -2.13. The van der Waals surface area contributed by atoms with Gasteiger partial charge in [0, 0.05) is 6.20 Å². The molecule has 0 amide bonds. The maximum absolute atomic E-state index is 11.8. The first-order valence-electron chi connectivity index (χ1n) is 3.32. The van der Waals surface area contributed by atoms with Gasteiger partial charge in [-0.05, 0) is 22.6 Å². The number of aromatic nitrogens is 2. The molecule has 0 fully saturated rings. The van der Waals surface area contributed by atoms with Gasteiger partial charge in [0.05, 0.1) is 16.3 Å². The highest BCUT2D eigenvalue weighted by molar-refractivity contribution is 14.1. The van der Waals surface area contributed by atoms with Gasteiger partial charge in [0.2, 0.25) is 0 Å². The highest BCUT2D eigenvalue weighted by Gasteiger charge is 2.38. The van der Waals surface area contributed by atoms with E-state index in [1.807, 2.05) is 22.6 Å². The zero-order valence-corrected chi connectivity index (χ0v) is 8.45. The molecule has 0 aliphatic rings. The van der Waals surface area contributed by atoms with E-state index in [1.54, 1.807) is 0 Å². The third-order valence-electron chi connectivity index (χ3n) is 1.34. The number of halogens is 4. The summed E-state index contributed by atoms with van der Waals surface area (Å²) in [6, 6.07) is 0. The van der Waals surface area contributed by atoms with Crippen molar-refractivity contribution < 1.29 is 18.3 Å². The van der Waals surface area contributed by atoms with Crippen LogP contribution < -0.4 is 0 Å². The van der Waals surface area contributed by atoms with Crippen molar-refractivity contribution >= 4 is 22.6 Å². The third-order valence-corrected chi connectivity index (χ3v) is 1.90. The van der Waals surface area contributed by atoms with Gasteiger partial charge in [0.15, 0.2) is 6.10 Å². The molecule has 0 spiro atoms. The lowest BCUT2D eigenvalue weighted by Crippen LogP contribution is -2.32. The Kier molecular flexibility index (Phi) is 3.17. The van der Waals surface area contributed by atoms with Gasteiger partial charge in [-0.2, -0.15) is 18.3 Å². The van der Waals surface area contributed by atoms with Gasteiger partial charge < -0.3 is 5.11 Å². The van der Waals surface area contributed by atoms with Gasteiger partial charge in [0.25, 0.3) is 0 Å². The molecule has 0 aliphatic heterocycles. The average molecular weight is 306 g/mol. The smallest absolute Gasteiger partial charge is 0.382 e. The summed E-state index contributed by atoms with van der Waals surface area (Å²) in [7, 11) is 0. The Balaban J connectivity index is 2.60. The Morgan fingerprint density at radius 2 is 2.23 bits per heavy atom. The fourth-order valence-corrected chi connectivity index (χ4v) is 1.16. The van der Waals surface area contributed by atoms with Crippen molar-refractivity contribution in [1.29, 1.82) is 0 Å². The van der Waals surface area contributed by atoms with E-state index in [0.29, 0.717) is 0 Å². The van der Waals surface area contributed by atoms with Crippen LogP contribution in [-0.2, 0) is 6.54 Å². The maximum Gasteiger partial charge on any atom is 0.416 e. The van der Waals surface area contributed by atoms with Crippen molar-refractivity contribution in [3.8, 4) is 0 Å². The molecule has 1 aromatic rings. The molecular weight excluding hydrogens is 300 g/mol. The Morgan fingerprint density at radius 3 is 2.62 bits per heavy atom. The van der Waals surface area contributed by atoms with E-state index in [-0.39, 0.29) is 0 Å². The highest BCUT2D eigenvalue weighted by Crippen LogP contribution is 2.21. The Hall–Kier alpha value is -0.310. The lowest BCUT2D eigenvalue weighted by molar-refractivity contribution is -0.208. The minimum absolute atomic E-state index is 0.563. The van der Waals surface area contributed by atoms with Crippen molar-refractivity contribution in [2.45, 2.75) is 18.8 Å². The summed E-state index contributed by atoms with van der Waals surface area (Å²) < 4.78 is 37.3. The molecule has 1 aromatic heterocycles. The fraction of sp³-hybridized carbons (Fsp3) is 0.500. The van der Waals surface area contributed by atoms with Crippen molar-refractivity contribution in [3.05, 3.63) is 16.0 Å². The molecule has 0 saturated heterocycles. The second-order valence-corrected chi connectivity index (χ2v) is 3.68. The molecule has 0 aliphatic carbocycles. The van der Waals surface area contributed by atoms with Crippen LogP contribution >= 0.6 is 22.6 Å². The van der Waals surface area contributed by atoms with Crippen molar-refractivity contribution in [2.24, 2.45) is 0 Å². The van der Waals surface area contributed by atoms with Crippen molar-refractivity contribution in [3.63, 3.8) is 0 Å². The van der Waals surface area contributed by atoms with Crippen LogP contribution in [0.3, 0.4) is 0 Å². The molecular formula is C6H6F3IN2O. The average Bonchev–Trinajstić information content (AvgIpc) is 2.33. The molecule has 0 bridgehead atoms. The summed E-state index contributed by atoms with van der Waals surface area (Å²) in [4.78, 5) is 0. The predicted molar refractivity (Wildman–Crippen MR) is 47.0 cm³/mol. The first kappa shape index (κ1) is 10.8. The first-order chi connectivity index (χ1) is 5.89. The summed E-state index contributed by atoms with van der Waals surface area (Å²) in [5.41, 5.74) is 0. The Morgan fingerprint density at radius 1 is 1.62 bits per heavy atom. The summed E-state index contributed by atoms with van der Waals surface area (Å²) in [5.74, 6) is 0. The summed E-state index contributed by atoms with van der Waals surface area (Å²) in [6.45, 7) is -0.563.